The van der Waals surface area contributed by atoms with Crippen molar-refractivity contribution in [3.8, 4) is 11.1 Å². The van der Waals surface area contributed by atoms with Gasteiger partial charge in [0.05, 0.1) is 11.7 Å². The summed E-state index contributed by atoms with van der Waals surface area (Å²) < 4.78 is 1.82. The minimum absolute atomic E-state index is 0.478. The summed E-state index contributed by atoms with van der Waals surface area (Å²) in [6.45, 7) is 0. The van der Waals surface area contributed by atoms with Crippen molar-refractivity contribution in [3.63, 3.8) is 0 Å². The summed E-state index contributed by atoms with van der Waals surface area (Å²) in [5.41, 5.74) is 3.22. The molecule has 26 heavy (non-hydrogen) atoms. The molecule has 2 heterocycles. The monoisotopic (exact) mass is 350 g/mol. The fraction of sp³-hybridized carbons (Fsp3) is 0.450. The molecule has 6 nitrogen and oxygen atoms in total. The van der Waals surface area contributed by atoms with Gasteiger partial charge in [0.2, 0.25) is 0 Å². The van der Waals surface area contributed by atoms with Crippen LogP contribution >= 0.6 is 0 Å². The summed E-state index contributed by atoms with van der Waals surface area (Å²) in [6, 6.07) is 7.50. The standard InChI is InChI=1S/C20H26N6/c1-25(2)17-7-5-16(6-8-17)24-20-18-10-14(15-11-23-26(3)12-15)4-9-19(18)21-13-22-20/h4,9-13,16-17H,5-8H2,1-3H3,(H,21,22,24)/t16-,17-. The van der Waals surface area contributed by atoms with E-state index in [0.29, 0.717) is 12.1 Å². The van der Waals surface area contributed by atoms with Crippen LogP contribution < -0.4 is 5.32 Å². The Morgan fingerprint density at radius 1 is 1.08 bits per heavy atom. The van der Waals surface area contributed by atoms with E-state index < -0.39 is 0 Å². The van der Waals surface area contributed by atoms with E-state index in [0.717, 1.165) is 27.8 Å². The molecular weight excluding hydrogens is 324 g/mol. The number of benzene rings is 1. The topological polar surface area (TPSA) is 58.9 Å². The second-order valence-electron chi connectivity index (χ2n) is 7.47. The van der Waals surface area contributed by atoms with Gasteiger partial charge in [-0.2, -0.15) is 5.10 Å². The highest BCUT2D eigenvalue weighted by Gasteiger charge is 2.23. The van der Waals surface area contributed by atoms with Crippen molar-refractivity contribution in [3.05, 3.63) is 36.9 Å². The molecule has 2 aromatic heterocycles. The van der Waals surface area contributed by atoms with Gasteiger partial charge in [-0.3, -0.25) is 4.68 Å². The maximum atomic E-state index is 4.54. The van der Waals surface area contributed by atoms with Crippen LogP contribution in [0.3, 0.4) is 0 Å². The van der Waals surface area contributed by atoms with E-state index in [2.05, 4.69) is 57.6 Å². The van der Waals surface area contributed by atoms with E-state index >= 15 is 0 Å². The third-order valence-corrected chi connectivity index (χ3v) is 5.44. The molecule has 0 spiro atoms. The first kappa shape index (κ1) is 17.0. The minimum Gasteiger partial charge on any atom is -0.367 e. The summed E-state index contributed by atoms with van der Waals surface area (Å²) in [4.78, 5) is 11.3. The largest absolute Gasteiger partial charge is 0.367 e. The smallest absolute Gasteiger partial charge is 0.137 e. The van der Waals surface area contributed by atoms with Crippen molar-refractivity contribution in [2.75, 3.05) is 19.4 Å². The third kappa shape index (κ3) is 3.42. The molecular formula is C20H26N6. The average molecular weight is 350 g/mol. The predicted octanol–water partition coefficient (Wildman–Crippen LogP) is 3.32. The predicted molar refractivity (Wildman–Crippen MR) is 105 cm³/mol. The van der Waals surface area contributed by atoms with Gasteiger partial charge in [-0.05, 0) is 57.5 Å². The van der Waals surface area contributed by atoms with Crippen molar-refractivity contribution in [2.24, 2.45) is 7.05 Å². The van der Waals surface area contributed by atoms with Gasteiger partial charge in [-0.15, -0.1) is 0 Å². The van der Waals surface area contributed by atoms with Gasteiger partial charge in [0, 0.05) is 36.3 Å². The maximum Gasteiger partial charge on any atom is 0.137 e. The molecule has 3 aromatic rings. The average Bonchev–Trinajstić information content (AvgIpc) is 3.08. The number of fused-ring (bicyclic) bond motifs is 1. The van der Waals surface area contributed by atoms with E-state index in [1.54, 1.807) is 6.33 Å². The molecule has 0 unspecified atom stereocenters. The van der Waals surface area contributed by atoms with E-state index in [-0.39, 0.29) is 0 Å². The van der Waals surface area contributed by atoms with Crippen molar-refractivity contribution in [1.82, 2.24) is 24.6 Å². The van der Waals surface area contributed by atoms with Crippen LogP contribution in [0.15, 0.2) is 36.9 Å². The number of hydrogen-bond donors (Lipinski definition) is 1. The van der Waals surface area contributed by atoms with Gasteiger partial charge in [-0.25, -0.2) is 9.97 Å². The molecule has 1 aromatic carbocycles. The maximum absolute atomic E-state index is 4.54. The Morgan fingerprint density at radius 3 is 2.58 bits per heavy atom. The van der Waals surface area contributed by atoms with Gasteiger partial charge < -0.3 is 10.2 Å². The Hall–Kier alpha value is -2.47. The number of aryl methyl sites for hydroxylation is 1. The van der Waals surface area contributed by atoms with E-state index in [1.807, 2.05) is 24.1 Å². The molecule has 0 aliphatic heterocycles. The van der Waals surface area contributed by atoms with E-state index in [9.17, 15) is 0 Å². The van der Waals surface area contributed by atoms with Crippen LogP contribution in [0.1, 0.15) is 25.7 Å². The molecule has 0 amide bonds. The first-order valence-corrected chi connectivity index (χ1v) is 9.27. The van der Waals surface area contributed by atoms with Crippen molar-refractivity contribution >= 4 is 16.7 Å². The summed E-state index contributed by atoms with van der Waals surface area (Å²) >= 11 is 0. The van der Waals surface area contributed by atoms with Crippen LogP contribution in [0.4, 0.5) is 5.82 Å². The zero-order valence-corrected chi connectivity index (χ0v) is 15.7. The first-order chi connectivity index (χ1) is 12.6. The summed E-state index contributed by atoms with van der Waals surface area (Å²) in [7, 11) is 6.29. The van der Waals surface area contributed by atoms with Crippen LogP contribution in [0.2, 0.25) is 0 Å². The van der Waals surface area contributed by atoms with E-state index in [1.165, 1.54) is 25.7 Å². The number of nitrogens with zero attached hydrogens (tertiary/aromatic N) is 5. The molecule has 6 heteroatoms. The number of aromatic nitrogens is 4. The van der Waals surface area contributed by atoms with Crippen LogP contribution in [-0.4, -0.2) is 50.8 Å². The number of anilines is 1. The minimum atomic E-state index is 0.478. The third-order valence-electron chi connectivity index (χ3n) is 5.44. The van der Waals surface area contributed by atoms with Crippen LogP contribution in [0.5, 0.6) is 0 Å². The molecule has 4 rings (SSSR count). The number of hydrogen-bond acceptors (Lipinski definition) is 5. The van der Waals surface area contributed by atoms with Crippen molar-refractivity contribution < 1.29 is 0 Å². The molecule has 0 bridgehead atoms. The lowest BCUT2D eigenvalue weighted by atomic mass is 9.90. The van der Waals surface area contributed by atoms with Gasteiger partial charge in [-0.1, -0.05) is 6.07 Å². The lowest BCUT2D eigenvalue weighted by Gasteiger charge is -2.33. The van der Waals surface area contributed by atoms with Crippen molar-refractivity contribution in [1.29, 1.82) is 0 Å². The highest BCUT2D eigenvalue weighted by atomic mass is 15.2. The molecule has 1 saturated carbocycles. The van der Waals surface area contributed by atoms with Gasteiger partial charge in [0.1, 0.15) is 12.1 Å². The summed E-state index contributed by atoms with van der Waals surface area (Å²) in [5, 5.41) is 9.03. The van der Waals surface area contributed by atoms with Gasteiger partial charge >= 0.3 is 0 Å². The zero-order chi connectivity index (χ0) is 18.1. The second-order valence-corrected chi connectivity index (χ2v) is 7.47. The van der Waals surface area contributed by atoms with Gasteiger partial charge in [0.25, 0.3) is 0 Å². The normalized spacial score (nSPS) is 20.6. The quantitative estimate of drug-likeness (QED) is 0.782. The first-order valence-electron chi connectivity index (χ1n) is 9.27. The fourth-order valence-electron chi connectivity index (χ4n) is 3.85. The van der Waals surface area contributed by atoms with Gasteiger partial charge in [0.15, 0.2) is 0 Å². The van der Waals surface area contributed by atoms with Crippen molar-refractivity contribution in [2.45, 2.75) is 37.8 Å². The number of rotatable bonds is 4. The summed E-state index contributed by atoms with van der Waals surface area (Å²) in [5.74, 6) is 0.939. The highest BCUT2D eigenvalue weighted by Crippen LogP contribution is 2.29. The molecule has 1 aliphatic rings. The molecule has 0 radical (unpaired) electrons. The second kappa shape index (κ2) is 7.03. The van der Waals surface area contributed by atoms with Crippen LogP contribution in [-0.2, 0) is 7.05 Å². The van der Waals surface area contributed by atoms with E-state index in [4.69, 9.17) is 0 Å². The van der Waals surface area contributed by atoms with Crippen LogP contribution in [0, 0.1) is 0 Å². The molecule has 136 valence electrons. The molecule has 1 fully saturated rings. The van der Waals surface area contributed by atoms with Crippen LogP contribution in [0.25, 0.3) is 22.0 Å². The Labute approximate surface area is 154 Å². The number of nitrogens with one attached hydrogen (secondary N) is 1. The lowest BCUT2D eigenvalue weighted by Crippen LogP contribution is -2.36. The molecule has 1 N–H and O–H groups in total. The Kier molecular flexibility index (Phi) is 4.59. The molecule has 0 saturated heterocycles. The summed E-state index contributed by atoms with van der Waals surface area (Å²) in [6.07, 6.45) is 10.4. The highest BCUT2D eigenvalue weighted by molar-refractivity contribution is 5.92. The lowest BCUT2D eigenvalue weighted by molar-refractivity contribution is 0.221. The Bertz CT molecular complexity index is 892. The SMILES string of the molecule is Cn1cc(-c2ccc3ncnc(N[C@H]4CC[C@H](N(C)C)CC4)c3c2)cn1. The molecule has 1 aliphatic carbocycles. The Balaban J connectivity index is 1.59. The Morgan fingerprint density at radius 2 is 1.88 bits per heavy atom. The molecule has 0 atom stereocenters. The fourth-order valence-corrected chi connectivity index (χ4v) is 3.85. The zero-order valence-electron chi connectivity index (χ0n) is 15.7.